The number of hydrogen-bond donors (Lipinski definition) is 0. The smallest absolute Gasteiger partial charge is 0.371 e. The van der Waals surface area contributed by atoms with Gasteiger partial charge in [-0.1, -0.05) is 96.3 Å². The largest absolute Gasteiger partial charge is 0.498 e. The van der Waals surface area contributed by atoms with Crippen molar-refractivity contribution in [3.05, 3.63) is 0 Å². The van der Waals surface area contributed by atoms with Gasteiger partial charge in [0, 0.05) is 24.9 Å². The molecule has 0 bridgehead atoms. The zero-order chi connectivity index (χ0) is 20.2. The molecule has 0 aromatic rings. The third-order valence-electron chi connectivity index (χ3n) is 7.30. The summed E-state index contributed by atoms with van der Waals surface area (Å²) in [6.07, 6.45) is 28.5. The van der Waals surface area contributed by atoms with Crippen LogP contribution in [0.2, 0.25) is 6.55 Å². The van der Waals surface area contributed by atoms with Crippen LogP contribution in [-0.2, 0) is 13.3 Å². The zero-order valence-electron chi connectivity index (χ0n) is 19.3. The van der Waals surface area contributed by atoms with Crippen LogP contribution >= 0.6 is 0 Å². The molecule has 0 unspecified atom stereocenters. The minimum Gasteiger partial charge on any atom is -0.371 e. The van der Waals surface area contributed by atoms with Gasteiger partial charge < -0.3 is 13.3 Å². The van der Waals surface area contributed by atoms with E-state index in [0.29, 0.717) is 18.3 Å². The third-order valence-corrected chi connectivity index (χ3v) is 9.58. The highest BCUT2D eigenvalue weighted by molar-refractivity contribution is 6.59. The molecule has 0 aromatic carbocycles. The lowest BCUT2D eigenvalue weighted by atomic mass is 9.99. The molecule has 0 saturated heterocycles. The first-order valence-corrected chi connectivity index (χ1v) is 15.5. The summed E-state index contributed by atoms with van der Waals surface area (Å²) in [7, 11) is -2.63. The van der Waals surface area contributed by atoms with Gasteiger partial charge in [0.1, 0.15) is 0 Å². The maximum Gasteiger partial charge on any atom is 0.498 e. The predicted molar refractivity (Wildman–Crippen MR) is 123 cm³/mol. The van der Waals surface area contributed by atoms with Gasteiger partial charge in [0.25, 0.3) is 0 Å². The number of hydrogen-bond acceptors (Lipinski definition) is 3. The topological polar surface area (TPSA) is 27.7 Å². The molecule has 0 spiro atoms. The van der Waals surface area contributed by atoms with Crippen molar-refractivity contribution >= 4 is 8.80 Å². The van der Waals surface area contributed by atoms with Crippen LogP contribution in [0, 0.1) is 0 Å². The first-order valence-electron chi connectivity index (χ1n) is 13.3. The first kappa shape index (κ1) is 23.8. The Bertz CT molecular complexity index is 346. The van der Waals surface area contributed by atoms with Crippen LogP contribution in [0.25, 0.3) is 0 Å². The van der Waals surface area contributed by atoms with Crippen LogP contribution in [0.1, 0.15) is 135 Å². The fraction of sp³-hybridized carbons (Fsp3) is 1.00. The Morgan fingerprint density at radius 1 is 0.379 bits per heavy atom. The molecule has 3 fully saturated rings. The highest BCUT2D eigenvalue weighted by Crippen LogP contribution is 2.30. The predicted octanol–water partition coefficient (Wildman–Crippen LogP) is 7.94. The van der Waals surface area contributed by atoms with Crippen LogP contribution in [0.4, 0.5) is 0 Å². The van der Waals surface area contributed by atoms with Crippen molar-refractivity contribution in [1.82, 2.24) is 0 Å². The van der Waals surface area contributed by atoms with E-state index < -0.39 is 8.80 Å². The maximum atomic E-state index is 6.86. The molecule has 3 nitrogen and oxygen atoms in total. The lowest BCUT2D eigenvalue weighted by Crippen LogP contribution is -2.50. The average Bonchev–Trinajstić information content (AvgIpc) is 2.62. The van der Waals surface area contributed by atoms with E-state index in [2.05, 4.69) is 6.55 Å². The second kappa shape index (κ2) is 13.5. The lowest BCUT2D eigenvalue weighted by molar-refractivity contribution is -0.0301. The number of rotatable bonds is 6. The molecule has 29 heavy (non-hydrogen) atoms. The highest BCUT2D eigenvalue weighted by atomic mass is 28.4. The molecule has 0 amide bonds. The van der Waals surface area contributed by atoms with Gasteiger partial charge in [-0.2, -0.15) is 0 Å². The van der Waals surface area contributed by atoms with E-state index >= 15 is 0 Å². The van der Waals surface area contributed by atoms with Crippen molar-refractivity contribution in [3.63, 3.8) is 0 Å². The maximum absolute atomic E-state index is 6.86. The Morgan fingerprint density at radius 2 is 0.586 bits per heavy atom. The summed E-state index contributed by atoms with van der Waals surface area (Å²) in [5.41, 5.74) is 0. The Morgan fingerprint density at radius 3 is 0.828 bits per heavy atom. The SMILES string of the molecule is C[Si](OC1CCCCCCC1)(OC1CCCCCCC1)OC1CCCCCCC1. The molecule has 0 aromatic heterocycles. The monoisotopic (exact) mass is 424 g/mol. The molecule has 4 heteroatoms. The minimum atomic E-state index is -2.63. The third kappa shape index (κ3) is 9.41. The van der Waals surface area contributed by atoms with Crippen LogP contribution < -0.4 is 0 Å². The van der Waals surface area contributed by atoms with Crippen LogP contribution in [0.3, 0.4) is 0 Å². The van der Waals surface area contributed by atoms with Crippen molar-refractivity contribution in [3.8, 4) is 0 Å². The molecule has 0 heterocycles. The van der Waals surface area contributed by atoms with Gasteiger partial charge in [-0.3, -0.25) is 0 Å². The lowest BCUT2D eigenvalue weighted by Gasteiger charge is -2.37. The van der Waals surface area contributed by atoms with Crippen molar-refractivity contribution in [2.75, 3.05) is 0 Å². The quantitative estimate of drug-likeness (QED) is 0.405. The Kier molecular flexibility index (Phi) is 11.1. The molecular formula is C25H48O3Si. The molecule has 3 saturated carbocycles. The second-order valence-corrected chi connectivity index (χ2v) is 12.5. The normalized spacial score (nSPS) is 26.0. The molecule has 3 aliphatic carbocycles. The van der Waals surface area contributed by atoms with E-state index in [1.807, 2.05) is 0 Å². The van der Waals surface area contributed by atoms with Crippen LogP contribution in [-0.4, -0.2) is 27.1 Å². The molecule has 0 N–H and O–H groups in total. The van der Waals surface area contributed by atoms with Gasteiger partial charge in [0.15, 0.2) is 0 Å². The Labute approximate surface area is 182 Å². The van der Waals surface area contributed by atoms with Gasteiger partial charge in [-0.05, 0) is 38.5 Å². The fourth-order valence-corrected chi connectivity index (χ4v) is 8.29. The van der Waals surface area contributed by atoms with E-state index in [1.54, 1.807) is 0 Å². The van der Waals surface area contributed by atoms with E-state index in [4.69, 9.17) is 13.3 Å². The Hall–Kier alpha value is 0.0969. The molecule has 3 rings (SSSR count). The van der Waals surface area contributed by atoms with Crippen molar-refractivity contribution in [1.29, 1.82) is 0 Å². The molecule has 0 radical (unpaired) electrons. The van der Waals surface area contributed by atoms with E-state index in [-0.39, 0.29) is 0 Å². The Balaban J connectivity index is 1.63. The summed E-state index contributed by atoms with van der Waals surface area (Å²) in [5, 5.41) is 0. The van der Waals surface area contributed by atoms with Crippen molar-refractivity contribution in [2.24, 2.45) is 0 Å². The summed E-state index contributed by atoms with van der Waals surface area (Å²) in [6, 6.07) is 0. The van der Waals surface area contributed by atoms with E-state index in [9.17, 15) is 0 Å². The van der Waals surface area contributed by atoms with E-state index in [1.165, 1.54) is 135 Å². The van der Waals surface area contributed by atoms with Gasteiger partial charge in [0.2, 0.25) is 0 Å². The van der Waals surface area contributed by atoms with Gasteiger partial charge >= 0.3 is 8.80 Å². The summed E-state index contributed by atoms with van der Waals surface area (Å²) in [6.45, 7) is 2.24. The summed E-state index contributed by atoms with van der Waals surface area (Å²) < 4.78 is 20.6. The van der Waals surface area contributed by atoms with Gasteiger partial charge in [-0.15, -0.1) is 0 Å². The van der Waals surface area contributed by atoms with Crippen molar-refractivity contribution in [2.45, 2.75) is 160 Å². The second-order valence-electron chi connectivity index (χ2n) is 10.1. The highest BCUT2D eigenvalue weighted by Gasteiger charge is 2.42. The first-order chi connectivity index (χ1) is 14.2. The summed E-state index contributed by atoms with van der Waals surface area (Å²) in [5.74, 6) is 0. The van der Waals surface area contributed by atoms with Crippen molar-refractivity contribution < 1.29 is 13.3 Å². The van der Waals surface area contributed by atoms with Crippen LogP contribution in [0.5, 0.6) is 0 Å². The zero-order valence-corrected chi connectivity index (χ0v) is 20.3. The van der Waals surface area contributed by atoms with Crippen LogP contribution in [0.15, 0.2) is 0 Å². The fourth-order valence-electron chi connectivity index (χ4n) is 5.60. The molecule has 0 atom stereocenters. The average molecular weight is 425 g/mol. The standard InChI is InChI=1S/C25H48O3Si/c1-29(26-23-17-11-5-2-6-12-18-23,27-24-19-13-7-3-8-14-20-24)28-25-21-15-9-4-10-16-22-25/h23-25H,2-22H2,1H3. The summed E-state index contributed by atoms with van der Waals surface area (Å²) >= 11 is 0. The van der Waals surface area contributed by atoms with Gasteiger partial charge in [-0.25, -0.2) is 0 Å². The molecule has 170 valence electrons. The van der Waals surface area contributed by atoms with Gasteiger partial charge in [0.05, 0.1) is 0 Å². The summed E-state index contributed by atoms with van der Waals surface area (Å²) in [4.78, 5) is 0. The molecule has 0 aliphatic heterocycles. The molecular weight excluding hydrogens is 376 g/mol. The van der Waals surface area contributed by atoms with E-state index in [0.717, 1.165) is 0 Å². The molecule has 3 aliphatic rings. The minimum absolute atomic E-state index is 0.356.